The molecule has 174 valence electrons. The summed E-state index contributed by atoms with van der Waals surface area (Å²) in [4.78, 5) is 27.0. The Balaban J connectivity index is 1.34. The minimum Gasteiger partial charge on any atom is -0.493 e. The van der Waals surface area contributed by atoms with Crippen LogP contribution >= 0.6 is 0 Å². The Hall–Kier alpha value is -3.68. The van der Waals surface area contributed by atoms with Crippen molar-refractivity contribution in [1.29, 1.82) is 0 Å². The second-order valence-electron chi connectivity index (χ2n) is 8.00. The molecular weight excluding hydrogens is 422 g/mol. The maximum atomic E-state index is 12.7. The average molecular weight is 452 g/mol. The van der Waals surface area contributed by atoms with Crippen LogP contribution in [0, 0.1) is 5.92 Å². The van der Waals surface area contributed by atoms with Crippen LogP contribution in [-0.2, 0) is 16.1 Å². The largest absolute Gasteiger partial charge is 0.493 e. The minimum absolute atomic E-state index is 0.101. The average Bonchev–Trinajstić information content (AvgIpc) is 3.44. The zero-order valence-electron chi connectivity index (χ0n) is 19.2. The lowest BCUT2D eigenvalue weighted by Crippen LogP contribution is -2.33. The minimum atomic E-state index is -0.399. The fraction of sp³-hybridized carbons (Fsp3) is 0.360. The summed E-state index contributed by atoms with van der Waals surface area (Å²) in [5.41, 5.74) is 1.80. The second-order valence-corrected chi connectivity index (χ2v) is 8.00. The monoisotopic (exact) mass is 451 g/mol. The summed E-state index contributed by atoms with van der Waals surface area (Å²) < 4.78 is 18.3. The number of benzene rings is 2. The maximum Gasteiger partial charge on any atom is 0.227 e. The van der Waals surface area contributed by atoms with Crippen LogP contribution in [-0.4, -0.2) is 50.8 Å². The van der Waals surface area contributed by atoms with E-state index in [1.165, 1.54) is 32.2 Å². The lowest BCUT2D eigenvalue weighted by atomic mass is 10.1. The molecule has 8 heteroatoms. The van der Waals surface area contributed by atoms with Gasteiger partial charge in [-0.2, -0.15) is 0 Å². The lowest BCUT2D eigenvalue weighted by molar-refractivity contribution is -0.126. The van der Waals surface area contributed by atoms with Crippen molar-refractivity contribution in [1.82, 2.24) is 9.88 Å². The molecule has 4 rings (SSSR count). The summed E-state index contributed by atoms with van der Waals surface area (Å²) in [5, 5.41) is 4.20. The Bertz CT molecular complexity index is 1130. The molecule has 0 bridgehead atoms. The SMILES string of the molecule is COc1cc(N2C[C@H](C(=O)NCCCn3ccc4ccccc43)CC2=O)cc(OC)c1OC. The topological polar surface area (TPSA) is 82.0 Å². The van der Waals surface area contributed by atoms with Crippen molar-refractivity contribution < 1.29 is 23.8 Å². The number of anilines is 1. The first kappa shape index (κ1) is 22.5. The van der Waals surface area contributed by atoms with Gasteiger partial charge >= 0.3 is 0 Å². The van der Waals surface area contributed by atoms with Crippen molar-refractivity contribution in [2.45, 2.75) is 19.4 Å². The predicted molar refractivity (Wildman–Crippen MR) is 126 cm³/mol. The van der Waals surface area contributed by atoms with Gasteiger partial charge in [-0.3, -0.25) is 9.59 Å². The van der Waals surface area contributed by atoms with Crippen molar-refractivity contribution in [2.75, 3.05) is 39.3 Å². The number of amides is 2. The summed E-state index contributed by atoms with van der Waals surface area (Å²) in [6.45, 7) is 1.68. The van der Waals surface area contributed by atoms with E-state index in [1.807, 2.05) is 12.1 Å². The molecule has 1 fully saturated rings. The van der Waals surface area contributed by atoms with Gasteiger partial charge in [-0.1, -0.05) is 18.2 Å². The molecule has 2 aromatic carbocycles. The Kier molecular flexibility index (Phi) is 6.72. The van der Waals surface area contributed by atoms with E-state index in [1.54, 1.807) is 17.0 Å². The number of ether oxygens (including phenoxy) is 3. The molecule has 2 heterocycles. The molecule has 0 spiro atoms. The number of para-hydroxylation sites is 1. The highest BCUT2D eigenvalue weighted by atomic mass is 16.5. The quantitative estimate of drug-likeness (QED) is 0.505. The molecule has 0 radical (unpaired) electrons. The third kappa shape index (κ3) is 4.60. The molecule has 3 aromatic rings. The van der Waals surface area contributed by atoms with E-state index in [0.717, 1.165) is 13.0 Å². The number of methoxy groups -OCH3 is 3. The smallest absolute Gasteiger partial charge is 0.227 e. The van der Waals surface area contributed by atoms with Gasteiger partial charge in [0, 0.05) is 49.9 Å². The van der Waals surface area contributed by atoms with E-state index >= 15 is 0 Å². The number of carbonyl (C=O) groups is 2. The predicted octanol–water partition coefficient (Wildman–Crippen LogP) is 3.23. The van der Waals surface area contributed by atoms with E-state index in [4.69, 9.17) is 14.2 Å². The van der Waals surface area contributed by atoms with Gasteiger partial charge in [-0.15, -0.1) is 0 Å². The third-order valence-corrected chi connectivity index (χ3v) is 6.01. The fourth-order valence-electron chi connectivity index (χ4n) is 4.30. The fourth-order valence-corrected chi connectivity index (χ4v) is 4.30. The molecule has 0 saturated carbocycles. The first-order valence-corrected chi connectivity index (χ1v) is 11.0. The Labute approximate surface area is 193 Å². The van der Waals surface area contributed by atoms with E-state index < -0.39 is 5.92 Å². The van der Waals surface area contributed by atoms with Crippen molar-refractivity contribution in [3.8, 4) is 17.2 Å². The number of aryl methyl sites for hydroxylation is 1. The van der Waals surface area contributed by atoms with Gasteiger partial charge in [0.1, 0.15) is 0 Å². The lowest BCUT2D eigenvalue weighted by Gasteiger charge is -2.20. The van der Waals surface area contributed by atoms with Crippen LogP contribution in [0.4, 0.5) is 5.69 Å². The van der Waals surface area contributed by atoms with Gasteiger partial charge in [0.25, 0.3) is 0 Å². The van der Waals surface area contributed by atoms with E-state index in [-0.39, 0.29) is 18.2 Å². The number of carbonyl (C=O) groups excluding carboxylic acids is 2. The number of rotatable bonds is 9. The van der Waals surface area contributed by atoms with Crippen LogP contribution in [0.3, 0.4) is 0 Å². The molecule has 0 aliphatic carbocycles. The normalized spacial score (nSPS) is 15.7. The molecule has 33 heavy (non-hydrogen) atoms. The molecule has 1 atom stereocenters. The highest BCUT2D eigenvalue weighted by Gasteiger charge is 2.35. The van der Waals surface area contributed by atoms with Crippen molar-refractivity contribution >= 4 is 28.4 Å². The molecule has 8 nitrogen and oxygen atoms in total. The van der Waals surface area contributed by atoms with Crippen molar-refractivity contribution in [2.24, 2.45) is 5.92 Å². The zero-order valence-corrected chi connectivity index (χ0v) is 19.2. The van der Waals surface area contributed by atoms with Gasteiger partial charge in [-0.25, -0.2) is 0 Å². The molecule has 1 aromatic heterocycles. The third-order valence-electron chi connectivity index (χ3n) is 6.01. The molecule has 1 N–H and O–H groups in total. The molecule has 2 amide bonds. The van der Waals surface area contributed by atoms with Crippen molar-refractivity contribution in [3.63, 3.8) is 0 Å². The number of nitrogens with zero attached hydrogens (tertiary/aromatic N) is 2. The molecule has 1 saturated heterocycles. The summed E-state index contributed by atoms with van der Waals surface area (Å²) >= 11 is 0. The van der Waals surface area contributed by atoms with Crippen LogP contribution < -0.4 is 24.4 Å². The first-order valence-electron chi connectivity index (χ1n) is 11.0. The Morgan fingerprint density at radius 3 is 2.48 bits per heavy atom. The Morgan fingerprint density at radius 2 is 1.79 bits per heavy atom. The summed E-state index contributed by atoms with van der Waals surface area (Å²) in [6.07, 6.45) is 3.05. The van der Waals surface area contributed by atoms with Gasteiger partial charge in [0.05, 0.1) is 32.9 Å². The van der Waals surface area contributed by atoms with Gasteiger partial charge in [-0.05, 0) is 23.9 Å². The van der Waals surface area contributed by atoms with E-state index in [9.17, 15) is 9.59 Å². The van der Waals surface area contributed by atoms with Gasteiger partial charge in [0.2, 0.25) is 17.6 Å². The zero-order chi connectivity index (χ0) is 23.4. The van der Waals surface area contributed by atoms with Crippen molar-refractivity contribution in [3.05, 3.63) is 48.7 Å². The standard InChI is InChI=1S/C25H29N3O5/c1-31-21-14-19(15-22(32-2)24(21)33-3)28-16-18(13-23(28)29)25(30)26-10-6-11-27-12-9-17-7-4-5-8-20(17)27/h4-5,7-9,12,14-15,18H,6,10-11,13,16H2,1-3H3,(H,26,30)/t18-/m1/s1. The molecule has 1 aliphatic heterocycles. The van der Waals surface area contributed by atoms with E-state index in [0.29, 0.717) is 36.0 Å². The van der Waals surface area contributed by atoms with Crippen LogP contribution in [0.2, 0.25) is 0 Å². The number of nitrogens with one attached hydrogen (secondary N) is 1. The number of fused-ring (bicyclic) bond motifs is 1. The number of aromatic nitrogens is 1. The highest BCUT2D eigenvalue weighted by Crippen LogP contribution is 2.42. The Morgan fingerprint density at radius 1 is 1.06 bits per heavy atom. The second kappa shape index (κ2) is 9.85. The van der Waals surface area contributed by atoms with Gasteiger partial charge < -0.3 is 29.0 Å². The van der Waals surface area contributed by atoms with Crippen LogP contribution in [0.1, 0.15) is 12.8 Å². The molecular formula is C25H29N3O5. The molecule has 0 unspecified atom stereocenters. The summed E-state index contributed by atoms with van der Waals surface area (Å²) in [5.74, 6) is 0.776. The summed E-state index contributed by atoms with van der Waals surface area (Å²) in [7, 11) is 4.58. The summed E-state index contributed by atoms with van der Waals surface area (Å²) in [6, 6.07) is 13.8. The number of hydrogen-bond donors (Lipinski definition) is 1. The highest BCUT2D eigenvalue weighted by molar-refractivity contribution is 6.00. The first-order chi connectivity index (χ1) is 16.0. The van der Waals surface area contributed by atoms with Crippen LogP contribution in [0.15, 0.2) is 48.7 Å². The van der Waals surface area contributed by atoms with Gasteiger partial charge in [0.15, 0.2) is 11.5 Å². The molecule has 1 aliphatic rings. The van der Waals surface area contributed by atoms with E-state index in [2.05, 4.69) is 34.3 Å². The van der Waals surface area contributed by atoms with Crippen LogP contribution in [0.5, 0.6) is 17.2 Å². The van der Waals surface area contributed by atoms with Crippen LogP contribution in [0.25, 0.3) is 10.9 Å². The maximum absolute atomic E-state index is 12.7. The number of hydrogen-bond acceptors (Lipinski definition) is 5.